The molecule has 0 aliphatic heterocycles. The van der Waals surface area contributed by atoms with E-state index >= 15 is 0 Å². The molecule has 2 aromatic carbocycles. The van der Waals surface area contributed by atoms with Gasteiger partial charge in [-0.3, -0.25) is 9.13 Å². The molecule has 0 saturated heterocycles. The second-order valence-corrected chi connectivity index (χ2v) is 9.82. The summed E-state index contributed by atoms with van der Waals surface area (Å²) in [5.41, 5.74) is 2.17. The highest BCUT2D eigenvalue weighted by Crippen LogP contribution is 2.27. The van der Waals surface area contributed by atoms with Crippen molar-refractivity contribution in [2.75, 3.05) is 0 Å². The van der Waals surface area contributed by atoms with Crippen LogP contribution in [-0.2, 0) is 19.5 Å². The van der Waals surface area contributed by atoms with E-state index in [1.165, 1.54) is 9.13 Å². The van der Waals surface area contributed by atoms with E-state index in [9.17, 15) is 23.5 Å². The molecule has 3 aromatic rings. The zero-order chi connectivity index (χ0) is 25.7. The number of imidazole rings is 1. The predicted molar refractivity (Wildman–Crippen MR) is 134 cm³/mol. The summed E-state index contributed by atoms with van der Waals surface area (Å²) in [6.45, 7) is 8.54. The molecule has 35 heavy (non-hydrogen) atoms. The lowest BCUT2D eigenvalue weighted by Crippen LogP contribution is -2.26. The van der Waals surface area contributed by atoms with Crippen molar-refractivity contribution in [3.05, 3.63) is 81.5 Å². The van der Waals surface area contributed by atoms with Gasteiger partial charge in [0.25, 0.3) is 6.43 Å². The molecule has 188 valence electrons. The Bertz CT molecular complexity index is 1210. The van der Waals surface area contributed by atoms with Crippen LogP contribution < -0.4 is 5.69 Å². The topological polar surface area (TPSA) is 64.2 Å². The van der Waals surface area contributed by atoms with Gasteiger partial charge < -0.3 is 5.11 Å². The van der Waals surface area contributed by atoms with Crippen LogP contribution in [0.15, 0.2) is 53.3 Å². The number of aromatic carboxylic acids is 1. The van der Waals surface area contributed by atoms with E-state index in [0.29, 0.717) is 36.4 Å². The van der Waals surface area contributed by atoms with Crippen molar-refractivity contribution in [3.8, 4) is 11.1 Å². The zero-order valence-electron chi connectivity index (χ0n) is 20.8. The maximum Gasteiger partial charge on any atom is 0.336 e. The summed E-state index contributed by atoms with van der Waals surface area (Å²) in [5.74, 6) is -0.402. The van der Waals surface area contributed by atoms with Gasteiger partial charge in [0, 0.05) is 12.2 Å². The zero-order valence-corrected chi connectivity index (χ0v) is 20.8. The lowest BCUT2D eigenvalue weighted by atomic mass is 9.98. The van der Waals surface area contributed by atoms with Gasteiger partial charge in [-0.25, -0.2) is 18.4 Å². The van der Waals surface area contributed by atoms with Crippen molar-refractivity contribution >= 4 is 5.97 Å². The van der Waals surface area contributed by atoms with Crippen LogP contribution in [0, 0.1) is 11.8 Å². The number of hydrogen-bond acceptors (Lipinski definition) is 2. The number of hydrogen-bond donors (Lipinski definition) is 1. The fourth-order valence-electron chi connectivity index (χ4n) is 4.25. The summed E-state index contributed by atoms with van der Waals surface area (Å²) >= 11 is 0. The van der Waals surface area contributed by atoms with Crippen molar-refractivity contribution in [2.45, 2.75) is 66.5 Å². The number of alkyl halides is 2. The Morgan fingerprint density at radius 2 is 1.54 bits per heavy atom. The van der Waals surface area contributed by atoms with Crippen LogP contribution in [0.3, 0.4) is 0 Å². The molecule has 0 bridgehead atoms. The molecule has 3 rings (SSSR count). The monoisotopic (exact) mass is 484 g/mol. The molecule has 0 fully saturated rings. The van der Waals surface area contributed by atoms with Crippen LogP contribution in [0.4, 0.5) is 8.78 Å². The van der Waals surface area contributed by atoms with E-state index in [4.69, 9.17) is 0 Å². The van der Waals surface area contributed by atoms with E-state index in [2.05, 4.69) is 0 Å². The van der Waals surface area contributed by atoms with Gasteiger partial charge in [-0.1, -0.05) is 70.2 Å². The molecule has 0 aliphatic carbocycles. The van der Waals surface area contributed by atoms with Gasteiger partial charge in [-0.05, 0) is 53.9 Å². The molecule has 0 atom stereocenters. The van der Waals surface area contributed by atoms with E-state index in [0.717, 1.165) is 11.1 Å². The molecular weight excluding hydrogens is 450 g/mol. The predicted octanol–water partition coefficient (Wildman–Crippen LogP) is 6.64. The molecular formula is C28H34F2N2O3. The van der Waals surface area contributed by atoms with E-state index < -0.39 is 18.1 Å². The number of carboxylic acid groups (broad SMARTS) is 1. The van der Waals surface area contributed by atoms with E-state index in [1.807, 2.05) is 39.8 Å². The van der Waals surface area contributed by atoms with Crippen molar-refractivity contribution in [1.29, 1.82) is 0 Å². The van der Waals surface area contributed by atoms with Crippen molar-refractivity contribution in [1.82, 2.24) is 9.13 Å². The first-order valence-electron chi connectivity index (χ1n) is 12.1. The first-order chi connectivity index (χ1) is 16.6. The van der Waals surface area contributed by atoms with Gasteiger partial charge in [0.15, 0.2) is 0 Å². The lowest BCUT2D eigenvalue weighted by Gasteiger charge is -2.13. The Morgan fingerprint density at radius 1 is 0.914 bits per heavy atom. The first-order valence-corrected chi connectivity index (χ1v) is 12.1. The third-order valence-electron chi connectivity index (χ3n) is 6.23. The third-order valence-corrected chi connectivity index (χ3v) is 6.23. The van der Waals surface area contributed by atoms with Gasteiger partial charge >= 0.3 is 11.7 Å². The van der Waals surface area contributed by atoms with Gasteiger partial charge in [0.05, 0.1) is 12.1 Å². The van der Waals surface area contributed by atoms with Crippen molar-refractivity contribution in [2.24, 2.45) is 11.8 Å². The molecule has 1 N–H and O–H groups in total. The standard InChI is InChI=1S/C28H34F2N2O3/c1-18(2)9-14-24-25(26(29)30)31(16-15-19(3)4)28(35)32(24)17-20-10-12-21(13-11-20)22-7-5-6-8-23(22)27(33)34/h5-8,10-13,18-19,26H,9,14-17H2,1-4H3,(H,33,34). The molecule has 0 saturated carbocycles. The molecule has 0 radical (unpaired) electrons. The summed E-state index contributed by atoms with van der Waals surface area (Å²) < 4.78 is 31.1. The summed E-state index contributed by atoms with van der Waals surface area (Å²) in [5, 5.41) is 9.48. The minimum Gasteiger partial charge on any atom is -0.478 e. The number of nitrogens with zero attached hydrogens (tertiary/aromatic N) is 2. The average Bonchev–Trinajstić information content (AvgIpc) is 3.07. The number of benzene rings is 2. The molecule has 1 heterocycles. The number of aromatic nitrogens is 2. The quantitative estimate of drug-likeness (QED) is 0.332. The highest BCUT2D eigenvalue weighted by molar-refractivity contribution is 5.95. The molecule has 1 aromatic heterocycles. The van der Waals surface area contributed by atoms with Crippen LogP contribution in [0.1, 0.15) is 74.3 Å². The second kappa shape index (κ2) is 11.5. The smallest absolute Gasteiger partial charge is 0.336 e. The summed E-state index contributed by atoms with van der Waals surface area (Å²) in [7, 11) is 0. The molecule has 5 nitrogen and oxygen atoms in total. The van der Waals surface area contributed by atoms with Crippen LogP contribution in [0.25, 0.3) is 11.1 Å². The Morgan fingerprint density at radius 3 is 2.11 bits per heavy atom. The fraction of sp³-hybridized carbons (Fsp3) is 0.429. The Hall–Kier alpha value is -3.22. The fourth-order valence-corrected chi connectivity index (χ4v) is 4.25. The minimum absolute atomic E-state index is 0.164. The highest BCUT2D eigenvalue weighted by atomic mass is 19.3. The van der Waals surface area contributed by atoms with Gasteiger partial charge in [-0.15, -0.1) is 0 Å². The molecule has 0 amide bonds. The van der Waals surface area contributed by atoms with E-state index in [-0.39, 0.29) is 30.3 Å². The SMILES string of the molecule is CC(C)CCc1c(C(F)F)n(CCC(C)C)c(=O)n1Cc1ccc(-c2ccccc2C(=O)O)cc1. The normalized spacial score (nSPS) is 11.7. The average molecular weight is 485 g/mol. The number of halogens is 2. The third kappa shape index (κ3) is 6.27. The van der Waals surface area contributed by atoms with Gasteiger partial charge in [-0.2, -0.15) is 0 Å². The Kier molecular flexibility index (Phi) is 8.65. The number of carboxylic acids is 1. The Labute approximate surface area is 205 Å². The largest absolute Gasteiger partial charge is 0.478 e. The molecule has 0 unspecified atom stereocenters. The minimum atomic E-state index is -2.73. The molecule has 7 heteroatoms. The first kappa shape index (κ1) is 26.4. The maximum absolute atomic E-state index is 14.2. The molecule has 0 aliphatic rings. The van der Waals surface area contributed by atoms with Crippen LogP contribution in [0.2, 0.25) is 0 Å². The number of rotatable bonds is 11. The van der Waals surface area contributed by atoms with Crippen LogP contribution >= 0.6 is 0 Å². The number of carbonyl (C=O) groups is 1. The summed E-state index contributed by atoms with van der Waals surface area (Å²) in [4.78, 5) is 24.9. The maximum atomic E-state index is 14.2. The second-order valence-electron chi connectivity index (χ2n) is 9.82. The van der Waals surface area contributed by atoms with Crippen LogP contribution in [-0.4, -0.2) is 20.2 Å². The Balaban J connectivity index is 2.00. The van der Waals surface area contributed by atoms with Gasteiger partial charge in [0.2, 0.25) is 0 Å². The highest BCUT2D eigenvalue weighted by Gasteiger charge is 2.26. The van der Waals surface area contributed by atoms with Gasteiger partial charge in [0.1, 0.15) is 5.69 Å². The van der Waals surface area contributed by atoms with Crippen LogP contribution in [0.5, 0.6) is 0 Å². The van der Waals surface area contributed by atoms with Crippen molar-refractivity contribution in [3.63, 3.8) is 0 Å². The van der Waals surface area contributed by atoms with E-state index in [1.54, 1.807) is 36.4 Å². The summed E-state index contributed by atoms with van der Waals surface area (Å²) in [6.07, 6.45) is -0.970. The molecule has 0 spiro atoms. The lowest BCUT2D eigenvalue weighted by molar-refractivity contribution is 0.0697. The summed E-state index contributed by atoms with van der Waals surface area (Å²) in [6, 6.07) is 14.0. The van der Waals surface area contributed by atoms with Crippen molar-refractivity contribution < 1.29 is 18.7 Å².